The molecule has 2 fully saturated rings. The number of rotatable bonds is 4. The molecule has 0 N–H and O–H groups in total. The highest BCUT2D eigenvalue weighted by atomic mass is 35.5. The molecule has 0 heterocycles. The van der Waals surface area contributed by atoms with Gasteiger partial charge in [-0.25, -0.2) is 0 Å². The number of halogens is 1. The summed E-state index contributed by atoms with van der Waals surface area (Å²) in [6, 6.07) is 12.9. The number of Topliss-reactive ketones (excluding diaryl/α,β-unsaturated/α-hetero) is 2. The second-order valence-corrected chi connectivity index (χ2v) is 9.55. The van der Waals surface area contributed by atoms with Gasteiger partial charge in [0.15, 0.2) is 11.6 Å². The first-order valence-electron chi connectivity index (χ1n) is 10.3. The average Bonchev–Trinajstić information content (AvgIpc) is 2.87. The van der Waals surface area contributed by atoms with Gasteiger partial charge >= 0.3 is 0 Å². The third-order valence-corrected chi connectivity index (χ3v) is 7.77. The quantitative estimate of drug-likeness (QED) is 0.550. The second-order valence-electron chi connectivity index (χ2n) is 9.11. The predicted molar refractivity (Wildman–Crippen MR) is 115 cm³/mol. The van der Waals surface area contributed by atoms with Crippen LogP contribution < -0.4 is 4.74 Å². The van der Waals surface area contributed by atoms with Crippen molar-refractivity contribution in [3.8, 4) is 11.5 Å². The van der Waals surface area contributed by atoms with E-state index in [4.69, 9.17) is 16.3 Å². The second kappa shape index (κ2) is 6.98. The Labute approximate surface area is 177 Å². The molecule has 0 amide bonds. The van der Waals surface area contributed by atoms with Gasteiger partial charge in [0.05, 0.1) is 0 Å². The smallest absolute Gasteiger partial charge is 0.154 e. The summed E-state index contributed by atoms with van der Waals surface area (Å²) in [6.07, 6.45) is 2.35. The summed E-state index contributed by atoms with van der Waals surface area (Å²) in [4.78, 5) is 27.1. The number of ketones is 2. The van der Waals surface area contributed by atoms with Gasteiger partial charge in [-0.15, -0.1) is 0 Å². The van der Waals surface area contributed by atoms with Gasteiger partial charge in [0.1, 0.15) is 17.4 Å². The lowest BCUT2D eigenvalue weighted by Gasteiger charge is -2.46. The van der Waals surface area contributed by atoms with Crippen molar-refractivity contribution in [3.63, 3.8) is 0 Å². The van der Waals surface area contributed by atoms with E-state index >= 15 is 0 Å². The maximum Gasteiger partial charge on any atom is 0.154 e. The number of hydrogen-bond acceptors (Lipinski definition) is 3. The number of ether oxygens (including phenoxy) is 1. The van der Waals surface area contributed by atoms with Gasteiger partial charge in [0.25, 0.3) is 0 Å². The summed E-state index contributed by atoms with van der Waals surface area (Å²) in [5.74, 6) is 0.680. The van der Waals surface area contributed by atoms with Gasteiger partial charge < -0.3 is 4.74 Å². The molecule has 2 aromatic rings. The van der Waals surface area contributed by atoms with Crippen molar-refractivity contribution < 1.29 is 14.3 Å². The van der Waals surface area contributed by atoms with Crippen molar-refractivity contribution in [3.05, 3.63) is 58.6 Å². The maximum atomic E-state index is 13.6. The van der Waals surface area contributed by atoms with Gasteiger partial charge in [0, 0.05) is 16.4 Å². The highest BCUT2D eigenvalue weighted by Crippen LogP contribution is 2.62. The minimum Gasteiger partial charge on any atom is -0.457 e. The lowest BCUT2D eigenvalue weighted by molar-refractivity contribution is -0.149. The molecule has 2 aliphatic rings. The van der Waals surface area contributed by atoms with Crippen molar-refractivity contribution in [2.45, 2.75) is 52.9 Å². The molecule has 152 valence electrons. The van der Waals surface area contributed by atoms with Crippen LogP contribution in [0.3, 0.4) is 0 Å². The van der Waals surface area contributed by atoms with E-state index in [0.717, 1.165) is 30.4 Å². The molecule has 0 spiro atoms. The first-order valence-corrected chi connectivity index (χ1v) is 10.7. The monoisotopic (exact) mass is 410 g/mol. The lowest BCUT2D eigenvalue weighted by Crippen LogP contribution is -2.52. The Morgan fingerprint density at radius 1 is 1.03 bits per heavy atom. The van der Waals surface area contributed by atoms with E-state index in [0.29, 0.717) is 16.5 Å². The Bertz CT molecular complexity index is 976. The van der Waals surface area contributed by atoms with Crippen LogP contribution in [0.5, 0.6) is 11.5 Å². The summed E-state index contributed by atoms with van der Waals surface area (Å²) in [6.45, 7) is 8.26. The molecule has 0 radical (unpaired) electrons. The molecule has 3 atom stereocenters. The van der Waals surface area contributed by atoms with Crippen molar-refractivity contribution in [1.29, 1.82) is 0 Å². The van der Waals surface area contributed by atoms with E-state index in [-0.39, 0.29) is 22.9 Å². The molecule has 0 aromatic heterocycles. The molecule has 3 unspecified atom stereocenters. The van der Waals surface area contributed by atoms with E-state index in [2.05, 4.69) is 27.7 Å². The number of aryl methyl sites for hydroxylation is 1. The van der Waals surface area contributed by atoms with Gasteiger partial charge in [-0.2, -0.15) is 0 Å². The third-order valence-electron chi connectivity index (χ3n) is 7.52. The topological polar surface area (TPSA) is 43.4 Å². The fourth-order valence-electron chi connectivity index (χ4n) is 5.25. The predicted octanol–water partition coefficient (Wildman–Crippen LogP) is 6.37. The Balaban J connectivity index is 1.75. The van der Waals surface area contributed by atoms with Crippen molar-refractivity contribution >= 4 is 23.2 Å². The molecule has 2 aromatic carbocycles. The normalized spacial score (nSPS) is 27.9. The van der Waals surface area contributed by atoms with E-state index in [9.17, 15) is 9.59 Å². The van der Waals surface area contributed by atoms with Crippen LogP contribution in [0.15, 0.2) is 42.5 Å². The molecule has 2 bridgehead atoms. The maximum absolute atomic E-state index is 13.6. The van der Waals surface area contributed by atoms with E-state index in [1.54, 1.807) is 24.3 Å². The van der Waals surface area contributed by atoms with Crippen LogP contribution in [0.2, 0.25) is 5.02 Å². The Kier molecular flexibility index (Phi) is 4.85. The molecular formula is C25H27ClO3. The molecular weight excluding hydrogens is 384 g/mol. The number of carbonyl (C=O) groups is 2. The van der Waals surface area contributed by atoms with E-state index in [1.165, 1.54) is 0 Å². The molecule has 29 heavy (non-hydrogen) atoms. The van der Waals surface area contributed by atoms with Crippen LogP contribution in [0.1, 0.15) is 57.6 Å². The lowest BCUT2D eigenvalue weighted by atomic mass is 9.54. The van der Waals surface area contributed by atoms with Crippen LogP contribution in [0.25, 0.3) is 0 Å². The van der Waals surface area contributed by atoms with Gasteiger partial charge in [0.2, 0.25) is 0 Å². The first kappa shape index (κ1) is 20.2. The highest BCUT2D eigenvalue weighted by Gasteiger charge is 2.64. The van der Waals surface area contributed by atoms with Crippen LogP contribution in [0, 0.1) is 16.7 Å². The molecule has 3 nitrogen and oxygen atoms in total. The first-order chi connectivity index (χ1) is 13.7. The Morgan fingerprint density at radius 3 is 2.34 bits per heavy atom. The average molecular weight is 411 g/mol. The third kappa shape index (κ3) is 3.02. The van der Waals surface area contributed by atoms with Gasteiger partial charge in [-0.05, 0) is 72.2 Å². The van der Waals surface area contributed by atoms with Crippen LogP contribution in [0.4, 0.5) is 0 Å². The van der Waals surface area contributed by atoms with Crippen molar-refractivity contribution in [2.24, 2.45) is 16.7 Å². The zero-order valence-corrected chi connectivity index (χ0v) is 18.2. The van der Waals surface area contributed by atoms with Crippen molar-refractivity contribution in [1.82, 2.24) is 0 Å². The molecule has 2 saturated carbocycles. The standard InChI is InChI=1S/C25H27ClO3/c1-5-15-6-9-18(29-17-10-7-16(26)8-11-17)14-19(15)21-22(27)20-12-13-25(4,23(21)28)24(20,2)3/h6-11,14,20-21H,5,12-13H2,1-4H3. The SMILES string of the molecule is CCc1ccc(Oc2ccc(Cl)cc2)cc1C1C(=O)C2CCC(C)(C1=O)C2(C)C. The Hall–Kier alpha value is -2.13. The number of hydrogen-bond donors (Lipinski definition) is 0. The highest BCUT2D eigenvalue weighted by molar-refractivity contribution is 6.30. The van der Waals surface area contributed by atoms with Crippen LogP contribution >= 0.6 is 11.6 Å². The summed E-state index contributed by atoms with van der Waals surface area (Å²) >= 11 is 5.95. The zero-order chi connectivity index (χ0) is 21.0. The van der Waals surface area contributed by atoms with Gasteiger partial charge in [-0.3, -0.25) is 9.59 Å². The molecule has 4 rings (SSSR count). The summed E-state index contributed by atoms with van der Waals surface area (Å²) < 4.78 is 5.99. The summed E-state index contributed by atoms with van der Waals surface area (Å²) in [5, 5.41) is 0.643. The summed E-state index contributed by atoms with van der Waals surface area (Å²) in [5.41, 5.74) is 1.08. The van der Waals surface area contributed by atoms with Gasteiger partial charge in [-0.1, -0.05) is 45.4 Å². The van der Waals surface area contributed by atoms with Crippen LogP contribution in [-0.4, -0.2) is 11.6 Å². The molecule has 0 aliphatic heterocycles. The minimum atomic E-state index is -0.691. The number of carbonyl (C=O) groups excluding carboxylic acids is 2. The van der Waals surface area contributed by atoms with E-state index in [1.807, 2.05) is 18.2 Å². The van der Waals surface area contributed by atoms with Crippen molar-refractivity contribution in [2.75, 3.05) is 0 Å². The number of fused-ring (bicyclic) bond motifs is 2. The minimum absolute atomic E-state index is 0.0688. The van der Waals surface area contributed by atoms with Crippen LogP contribution in [-0.2, 0) is 16.0 Å². The fraction of sp³-hybridized carbons (Fsp3) is 0.440. The number of benzene rings is 2. The molecule has 0 saturated heterocycles. The summed E-state index contributed by atoms with van der Waals surface area (Å²) in [7, 11) is 0. The molecule has 4 heteroatoms. The fourth-order valence-corrected chi connectivity index (χ4v) is 5.37. The Morgan fingerprint density at radius 2 is 1.69 bits per heavy atom. The van der Waals surface area contributed by atoms with E-state index < -0.39 is 11.3 Å². The zero-order valence-electron chi connectivity index (χ0n) is 17.4. The largest absolute Gasteiger partial charge is 0.457 e. The molecule has 2 aliphatic carbocycles.